The van der Waals surface area contributed by atoms with Crippen LogP contribution in [0.4, 0.5) is 11.4 Å². The Labute approximate surface area is 166 Å². The number of amides is 3. The zero-order valence-electron chi connectivity index (χ0n) is 16.7. The molecule has 0 radical (unpaired) electrons. The van der Waals surface area contributed by atoms with E-state index in [-0.39, 0.29) is 29.6 Å². The van der Waals surface area contributed by atoms with Gasteiger partial charge in [0.25, 0.3) is 5.91 Å². The molecular weight excluding hydrogens is 356 g/mol. The molecule has 28 heavy (non-hydrogen) atoms. The number of hydrogen-bond donors (Lipinski definition) is 3. The number of fused-ring (bicyclic) bond motifs is 1. The van der Waals surface area contributed by atoms with E-state index in [4.69, 9.17) is 5.73 Å². The van der Waals surface area contributed by atoms with E-state index in [1.165, 1.54) is 0 Å². The minimum absolute atomic E-state index is 0.0202. The minimum atomic E-state index is -0.543. The summed E-state index contributed by atoms with van der Waals surface area (Å²) in [4.78, 5) is 40.1. The molecule has 0 saturated heterocycles. The second-order valence-electron chi connectivity index (χ2n) is 8.00. The topological polar surface area (TPSA) is 105 Å². The van der Waals surface area contributed by atoms with Crippen molar-refractivity contribution in [2.45, 2.75) is 52.0 Å². The zero-order chi connectivity index (χ0) is 20.3. The quantitative estimate of drug-likeness (QED) is 0.722. The second-order valence-corrected chi connectivity index (χ2v) is 8.00. The maximum atomic E-state index is 13.4. The van der Waals surface area contributed by atoms with E-state index >= 15 is 0 Å². The minimum Gasteiger partial charge on any atom is -0.351 e. The molecule has 4 N–H and O–H groups in total. The van der Waals surface area contributed by atoms with Gasteiger partial charge in [-0.25, -0.2) is 0 Å². The third-order valence-electron chi connectivity index (χ3n) is 5.58. The van der Waals surface area contributed by atoms with Crippen LogP contribution in [0.1, 0.15) is 56.3 Å². The van der Waals surface area contributed by atoms with Crippen molar-refractivity contribution >= 4 is 29.1 Å². The number of nitrogens with zero attached hydrogens (tertiary/aromatic N) is 1. The van der Waals surface area contributed by atoms with Gasteiger partial charge in [0, 0.05) is 24.6 Å². The van der Waals surface area contributed by atoms with E-state index in [1.807, 2.05) is 13.8 Å². The highest BCUT2D eigenvalue weighted by molar-refractivity contribution is 6.13. The molecule has 1 aliphatic carbocycles. The van der Waals surface area contributed by atoms with Crippen molar-refractivity contribution in [2.24, 2.45) is 17.6 Å². The second kappa shape index (κ2) is 8.73. The molecule has 7 heteroatoms. The summed E-state index contributed by atoms with van der Waals surface area (Å²) in [6.45, 7) is 4.63. The smallest absolute Gasteiger partial charge is 0.251 e. The summed E-state index contributed by atoms with van der Waals surface area (Å²) in [7, 11) is 0. The number of carbonyl (C=O) groups is 3. The Bertz CT molecular complexity index is 756. The van der Waals surface area contributed by atoms with Crippen molar-refractivity contribution in [2.75, 3.05) is 23.3 Å². The van der Waals surface area contributed by atoms with Crippen LogP contribution in [0.25, 0.3) is 0 Å². The van der Waals surface area contributed by atoms with Crippen LogP contribution in [0.3, 0.4) is 0 Å². The van der Waals surface area contributed by atoms with Crippen LogP contribution in [-0.2, 0) is 9.59 Å². The van der Waals surface area contributed by atoms with Crippen LogP contribution in [0.2, 0.25) is 0 Å². The van der Waals surface area contributed by atoms with Crippen LogP contribution >= 0.6 is 0 Å². The van der Waals surface area contributed by atoms with Gasteiger partial charge in [0.15, 0.2) is 0 Å². The molecule has 1 aliphatic heterocycles. The van der Waals surface area contributed by atoms with Gasteiger partial charge in [-0.15, -0.1) is 0 Å². The van der Waals surface area contributed by atoms with Crippen molar-refractivity contribution in [1.82, 2.24) is 5.32 Å². The molecule has 1 atom stereocenters. The van der Waals surface area contributed by atoms with Gasteiger partial charge >= 0.3 is 0 Å². The van der Waals surface area contributed by atoms with Gasteiger partial charge in [-0.05, 0) is 37.0 Å². The molecule has 1 heterocycles. The summed E-state index contributed by atoms with van der Waals surface area (Å²) < 4.78 is 0. The van der Waals surface area contributed by atoms with E-state index in [1.54, 1.807) is 23.1 Å². The molecule has 0 aromatic heterocycles. The van der Waals surface area contributed by atoms with Gasteiger partial charge in [-0.2, -0.15) is 0 Å². The number of hydrogen-bond acceptors (Lipinski definition) is 4. The highest BCUT2D eigenvalue weighted by atomic mass is 16.2. The standard InChI is InChI=1S/C21H30N4O3/c1-13(2)18-20(27)24-16-12-15(19(26)23-11-10-22)8-9-17(16)25(18)21(28)14-6-4-3-5-7-14/h8-9,12-14,18H,3-7,10-11,22H2,1-2H3,(H,23,26)(H,24,27). The van der Waals surface area contributed by atoms with Crippen LogP contribution in [-0.4, -0.2) is 36.9 Å². The highest BCUT2D eigenvalue weighted by Crippen LogP contribution is 2.38. The summed E-state index contributed by atoms with van der Waals surface area (Å²) in [6, 6.07) is 4.55. The average molecular weight is 386 g/mol. The lowest BCUT2D eigenvalue weighted by Gasteiger charge is -2.40. The van der Waals surface area contributed by atoms with E-state index in [0.29, 0.717) is 30.0 Å². The van der Waals surface area contributed by atoms with Crippen molar-refractivity contribution in [3.63, 3.8) is 0 Å². The fourth-order valence-corrected chi connectivity index (χ4v) is 4.15. The molecule has 1 fully saturated rings. The van der Waals surface area contributed by atoms with Gasteiger partial charge < -0.3 is 16.4 Å². The first-order valence-electron chi connectivity index (χ1n) is 10.2. The molecule has 1 aromatic rings. The van der Waals surface area contributed by atoms with Gasteiger partial charge in [0.05, 0.1) is 11.4 Å². The van der Waals surface area contributed by atoms with E-state index in [9.17, 15) is 14.4 Å². The number of rotatable bonds is 5. The molecule has 1 unspecified atom stereocenters. The molecule has 7 nitrogen and oxygen atoms in total. The van der Waals surface area contributed by atoms with Gasteiger partial charge in [-0.3, -0.25) is 19.3 Å². The monoisotopic (exact) mass is 386 g/mol. The Morgan fingerprint density at radius 3 is 2.61 bits per heavy atom. The molecule has 3 amide bonds. The molecule has 1 aromatic carbocycles. The first-order chi connectivity index (χ1) is 13.4. The highest BCUT2D eigenvalue weighted by Gasteiger charge is 2.41. The number of nitrogens with two attached hydrogens (primary N) is 1. The lowest BCUT2D eigenvalue weighted by Crippen LogP contribution is -2.55. The molecule has 3 rings (SSSR count). The Morgan fingerprint density at radius 2 is 1.96 bits per heavy atom. The Balaban J connectivity index is 1.96. The van der Waals surface area contributed by atoms with Crippen LogP contribution in [0.5, 0.6) is 0 Å². The maximum absolute atomic E-state index is 13.4. The van der Waals surface area contributed by atoms with Crippen LogP contribution < -0.4 is 21.3 Å². The fraction of sp³-hybridized carbons (Fsp3) is 0.571. The molecule has 2 aliphatic rings. The lowest BCUT2D eigenvalue weighted by atomic mass is 9.86. The molecule has 0 bridgehead atoms. The molecule has 152 valence electrons. The first-order valence-corrected chi connectivity index (χ1v) is 10.2. The number of carbonyl (C=O) groups excluding carboxylic acids is 3. The van der Waals surface area contributed by atoms with Crippen LogP contribution in [0, 0.1) is 11.8 Å². The first kappa shape index (κ1) is 20.3. The largest absolute Gasteiger partial charge is 0.351 e. The normalized spacial score (nSPS) is 19.9. The van der Waals surface area contributed by atoms with Gasteiger partial charge in [-0.1, -0.05) is 33.1 Å². The van der Waals surface area contributed by atoms with Crippen molar-refractivity contribution < 1.29 is 14.4 Å². The number of anilines is 2. The summed E-state index contributed by atoms with van der Waals surface area (Å²) in [6.07, 6.45) is 5.01. The third-order valence-corrected chi connectivity index (χ3v) is 5.58. The summed E-state index contributed by atoms with van der Waals surface area (Å²) in [5.74, 6) is -0.492. The SMILES string of the molecule is CC(C)C1C(=O)Nc2cc(C(=O)NCCN)ccc2N1C(=O)C1CCCCC1. The van der Waals surface area contributed by atoms with Crippen molar-refractivity contribution in [3.8, 4) is 0 Å². The molecular formula is C21H30N4O3. The summed E-state index contributed by atoms with van der Waals surface area (Å²) in [5.41, 5.74) is 7.04. The summed E-state index contributed by atoms with van der Waals surface area (Å²) >= 11 is 0. The fourth-order valence-electron chi connectivity index (χ4n) is 4.15. The Kier molecular flexibility index (Phi) is 6.34. The van der Waals surface area contributed by atoms with E-state index in [0.717, 1.165) is 32.1 Å². The molecule has 0 spiro atoms. The lowest BCUT2D eigenvalue weighted by molar-refractivity contribution is -0.127. The predicted molar refractivity (Wildman–Crippen MR) is 109 cm³/mol. The van der Waals surface area contributed by atoms with E-state index < -0.39 is 6.04 Å². The number of benzene rings is 1. The van der Waals surface area contributed by atoms with Gasteiger partial charge in [0.2, 0.25) is 11.8 Å². The number of nitrogens with one attached hydrogen (secondary N) is 2. The Hall–Kier alpha value is -2.41. The zero-order valence-corrected chi connectivity index (χ0v) is 16.7. The third kappa shape index (κ3) is 4.04. The maximum Gasteiger partial charge on any atom is 0.251 e. The van der Waals surface area contributed by atoms with Gasteiger partial charge in [0.1, 0.15) is 6.04 Å². The van der Waals surface area contributed by atoms with Crippen molar-refractivity contribution in [3.05, 3.63) is 23.8 Å². The van der Waals surface area contributed by atoms with Crippen LogP contribution in [0.15, 0.2) is 18.2 Å². The average Bonchev–Trinajstić information content (AvgIpc) is 2.70. The van der Waals surface area contributed by atoms with Crippen molar-refractivity contribution in [1.29, 1.82) is 0 Å². The predicted octanol–water partition coefficient (Wildman–Crippen LogP) is 2.27. The molecule has 1 saturated carbocycles. The van der Waals surface area contributed by atoms with E-state index in [2.05, 4.69) is 10.6 Å². The summed E-state index contributed by atoms with van der Waals surface area (Å²) in [5, 5.41) is 5.62. The Morgan fingerprint density at radius 1 is 1.25 bits per heavy atom.